The summed E-state index contributed by atoms with van der Waals surface area (Å²) in [6.07, 6.45) is 1.67. The van der Waals surface area contributed by atoms with E-state index in [0.717, 1.165) is 27.3 Å². The number of benzene rings is 4. The van der Waals surface area contributed by atoms with Crippen LogP contribution in [0.2, 0.25) is 0 Å². The number of halogens is 3. The second-order valence-electron chi connectivity index (χ2n) is 13.1. The Bertz CT molecular complexity index is 2190. The Labute approximate surface area is 289 Å². The van der Waals surface area contributed by atoms with E-state index >= 15 is 0 Å². The van der Waals surface area contributed by atoms with Crippen molar-refractivity contribution in [1.29, 1.82) is 0 Å². The van der Waals surface area contributed by atoms with Gasteiger partial charge < -0.3 is 5.11 Å². The minimum absolute atomic E-state index is 0.0643. The van der Waals surface area contributed by atoms with Crippen molar-refractivity contribution < 1.29 is 33.5 Å². The first-order chi connectivity index (χ1) is 23.4. The van der Waals surface area contributed by atoms with Crippen LogP contribution in [-0.2, 0) is 19.2 Å². The van der Waals surface area contributed by atoms with E-state index in [4.69, 9.17) is 23.2 Å². The molecule has 4 aliphatic rings. The fourth-order valence-electron chi connectivity index (χ4n) is 8.35. The van der Waals surface area contributed by atoms with E-state index in [1.807, 2.05) is 12.1 Å². The molecule has 8 nitrogen and oxygen atoms in total. The van der Waals surface area contributed by atoms with Crippen LogP contribution in [0.25, 0.3) is 10.8 Å². The Morgan fingerprint density at radius 3 is 2.16 bits per heavy atom. The highest BCUT2D eigenvalue weighted by Gasteiger charge is 2.77. The summed E-state index contributed by atoms with van der Waals surface area (Å²) in [4.78, 5) is 66.8. The molecule has 8 rings (SSSR count). The van der Waals surface area contributed by atoms with Crippen molar-refractivity contribution in [3.8, 4) is 5.75 Å². The van der Waals surface area contributed by atoms with E-state index in [1.165, 1.54) is 19.1 Å². The van der Waals surface area contributed by atoms with E-state index in [-0.39, 0.29) is 35.6 Å². The summed E-state index contributed by atoms with van der Waals surface area (Å²) in [6.45, 7) is 1.42. The number of hydrogen-bond acceptors (Lipinski definition) is 6. The van der Waals surface area contributed by atoms with Crippen LogP contribution in [0.1, 0.15) is 41.6 Å². The Morgan fingerprint density at radius 2 is 1.47 bits per heavy atom. The maximum atomic E-state index is 14.6. The molecule has 0 radical (unpaired) electrons. The van der Waals surface area contributed by atoms with Crippen molar-refractivity contribution in [2.24, 2.45) is 17.8 Å². The quantitative estimate of drug-likeness (QED) is 0.111. The third-order valence-corrected chi connectivity index (χ3v) is 12.1. The second-order valence-corrected chi connectivity index (χ2v) is 14.3. The van der Waals surface area contributed by atoms with Gasteiger partial charge in [-0.05, 0) is 79.6 Å². The highest BCUT2D eigenvalue weighted by molar-refractivity contribution is 6.58. The molecule has 0 spiro atoms. The van der Waals surface area contributed by atoms with Crippen LogP contribution < -0.4 is 9.80 Å². The summed E-state index contributed by atoms with van der Waals surface area (Å²) in [6, 6.07) is 21.5. The molecule has 49 heavy (non-hydrogen) atoms. The topological polar surface area (TPSA) is 112 Å². The molecule has 4 amide bonds. The van der Waals surface area contributed by atoms with Crippen LogP contribution in [0.3, 0.4) is 0 Å². The van der Waals surface area contributed by atoms with Crippen molar-refractivity contribution in [3.05, 3.63) is 114 Å². The normalized spacial score (nSPS) is 29.2. The number of aromatic hydroxyl groups is 1. The van der Waals surface area contributed by atoms with E-state index in [9.17, 15) is 33.5 Å². The van der Waals surface area contributed by atoms with E-state index in [1.54, 1.807) is 54.6 Å². The second kappa shape index (κ2) is 10.8. The summed E-state index contributed by atoms with van der Waals surface area (Å²) >= 11 is 14.9. The summed E-state index contributed by atoms with van der Waals surface area (Å²) < 4.78 is 13.9. The maximum absolute atomic E-state index is 14.6. The Balaban J connectivity index is 1.30. The Kier molecular flexibility index (Phi) is 6.94. The van der Waals surface area contributed by atoms with Crippen LogP contribution in [0.4, 0.5) is 15.8 Å². The number of carbonyl (C=O) groups is 5. The number of Topliss-reactive ketones (excluding diaryl/α,β-unsaturated/α-hetero) is 1. The van der Waals surface area contributed by atoms with Gasteiger partial charge in [0.25, 0.3) is 11.8 Å². The molecule has 0 aromatic heterocycles. The van der Waals surface area contributed by atoms with Crippen molar-refractivity contribution in [1.82, 2.24) is 0 Å². The lowest BCUT2D eigenvalue weighted by atomic mass is 9.56. The van der Waals surface area contributed by atoms with Gasteiger partial charge in [-0.15, -0.1) is 23.2 Å². The number of ketones is 1. The molecule has 2 aliphatic heterocycles. The van der Waals surface area contributed by atoms with Gasteiger partial charge in [0.05, 0.1) is 23.2 Å². The number of amides is 4. The average molecular weight is 698 g/mol. The van der Waals surface area contributed by atoms with Crippen LogP contribution in [0.5, 0.6) is 5.75 Å². The number of phenols is 1. The SMILES string of the molecule is CC(=O)c1ccc(N2C(=O)[C@H]3[C@H](CC=C4[C@H]3C[C@@]3(Cl)C(=O)N(c5ccc(F)cc5)C(=O)[C@@]3(Cl)[C@H]4c3ccc4ccccc4c3O)C2=O)cc1. The number of fused-ring (bicyclic) bond motifs is 5. The molecule has 6 atom stereocenters. The monoisotopic (exact) mass is 696 g/mol. The molecule has 2 aliphatic carbocycles. The first-order valence-electron chi connectivity index (χ1n) is 15.8. The van der Waals surface area contributed by atoms with Crippen LogP contribution in [0, 0.1) is 23.6 Å². The first kappa shape index (κ1) is 31.4. The molecule has 1 saturated carbocycles. The molecule has 11 heteroatoms. The van der Waals surface area contributed by atoms with Crippen molar-refractivity contribution in [3.63, 3.8) is 0 Å². The lowest BCUT2D eigenvalue weighted by Crippen LogP contribution is -2.60. The molecule has 4 aromatic carbocycles. The third-order valence-electron chi connectivity index (χ3n) is 10.7. The summed E-state index contributed by atoms with van der Waals surface area (Å²) in [5, 5.41) is 13.0. The smallest absolute Gasteiger partial charge is 0.258 e. The molecule has 3 fully saturated rings. The standard InChI is InChI=1S/C38H27Cl2FN2O6/c1-19(44)20-6-11-23(12-7-20)42-33(46)27-17-16-26-29(30(27)34(42)47)18-37(39)35(48)43(24-13-9-22(41)10-14-24)36(49)38(37,40)31(26)28-15-8-21-4-2-3-5-25(21)32(28)45/h2-16,27,29-31,45H,17-18H2,1H3/t27-,29+,30-,31+,37+,38-/m0/s1. The highest BCUT2D eigenvalue weighted by atomic mass is 35.5. The van der Waals surface area contributed by atoms with Gasteiger partial charge in [0.2, 0.25) is 11.8 Å². The average Bonchev–Trinajstić information content (AvgIpc) is 3.43. The van der Waals surface area contributed by atoms with Crippen LogP contribution in [-0.4, -0.2) is 44.3 Å². The summed E-state index contributed by atoms with van der Waals surface area (Å²) in [7, 11) is 0. The van der Waals surface area contributed by atoms with Gasteiger partial charge in [0.1, 0.15) is 11.6 Å². The highest BCUT2D eigenvalue weighted by Crippen LogP contribution is 2.66. The zero-order valence-corrected chi connectivity index (χ0v) is 27.4. The number of allylic oxidation sites excluding steroid dienone is 2. The molecule has 4 aromatic rings. The number of phenolic OH excluding ortho intramolecular Hbond substituents is 1. The molecule has 0 bridgehead atoms. The van der Waals surface area contributed by atoms with Gasteiger partial charge in [-0.1, -0.05) is 48.0 Å². The molecule has 2 saturated heterocycles. The van der Waals surface area contributed by atoms with Crippen molar-refractivity contribution >= 4 is 74.8 Å². The Hall–Kier alpha value is -4.86. The van der Waals surface area contributed by atoms with Gasteiger partial charge >= 0.3 is 0 Å². The van der Waals surface area contributed by atoms with Crippen LogP contribution >= 0.6 is 23.2 Å². The first-order valence-corrected chi connectivity index (χ1v) is 16.6. The van der Waals surface area contributed by atoms with Gasteiger partial charge in [-0.2, -0.15) is 0 Å². The minimum atomic E-state index is -2.18. The number of carbonyl (C=O) groups excluding carboxylic acids is 5. The number of rotatable bonds is 4. The molecule has 1 N–H and O–H groups in total. The third kappa shape index (κ3) is 4.18. The van der Waals surface area contributed by atoms with E-state index in [2.05, 4.69) is 0 Å². The van der Waals surface area contributed by atoms with E-state index < -0.39 is 62.9 Å². The zero-order valence-electron chi connectivity index (χ0n) is 25.9. The summed E-state index contributed by atoms with van der Waals surface area (Å²) in [5.74, 6) is -7.28. The number of hydrogen-bond donors (Lipinski definition) is 1. The van der Waals surface area contributed by atoms with Gasteiger partial charge in [-0.3, -0.25) is 28.9 Å². The minimum Gasteiger partial charge on any atom is -0.507 e. The lowest BCUT2D eigenvalue weighted by molar-refractivity contribution is -0.125. The fraction of sp³-hybridized carbons (Fsp3) is 0.237. The predicted octanol–water partition coefficient (Wildman–Crippen LogP) is 6.66. The molecule has 246 valence electrons. The zero-order chi connectivity index (χ0) is 34.6. The van der Waals surface area contributed by atoms with Gasteiger partial charge in [0.15, 0.2) is 15.5 Å². The fourth-order valence-corrected chi connectivity index (χ4v) is 9.28. The summed E-state index contributed by atoms with van der Waals surface area (Å²) in [5.41, 5.74) is 1.55. The lowest BCUT2D eigenvalue weighted by Gasteiger charge is -2.50. The number of alkyl halides is 2. The van der Waals surface area contributed by atoms with Crippen molar-refractivity contribution in [2.45, 2.75) is 35.4 Å². The number of imide groups is 2. The van der Waals surface area contributed by atoms with Gasteiger partial charge in [-0.25, -0.2) is 9.29 Å². The maximum Gasteiger partial charge on any atom is 0.258 e. The Morgan fingerprint density at radius 1 is 0.816 bits per heavy atom. The van der Waals surface area contributed by atoms with Gasteiger partial charge in [0, 0.05) is 22.4 Å². The van der Waals surface area contributed by atoms with Crippen molar-refractivity contribution in [2.75, 3.05) is 9.80 Å². The molecular weight excluding hydrogens is 670 g/mol. The molecule has 2 heterocycles. The molecular formula is C38H27Cl2FN2O6. The number of nitrogens with zero attached hydrogens (tertiary/aromatic N) is 2. The molecule has 0 unspecified atom stereocenters. The van der Waals surface area contributed by atoms with Crippen LogP contribution in [0.15, 0.2) is 96.6 Å². The van der Waals surface area contributed by atoms with E-state index in [0.29, 0.717) is 22.2 Å². The predicted molar refractivity (Wildman–Crippen MR) is 181 cm³/mol. The largest absolute Gasteiger partial charge is 0.507 e. The number of anilines is 2.